The number of hydrogen-bond acceptors (Lipinski definition) is 7. The van der Waals surface area contributed by atoms with Crippen LogP contribution in [-0.4, -0.2) is 45.3 Å². The molecule has 0 aliphatic heterocycles. The molecule has 9 heteroatoms. The van der Waals surface area contributed by atoms with E-state index in [9.17, 15) is 4.39 Å². The molecule has 138 valence electrons. The van der Waals surface area contributed by atoms with Crippen molar-refractivity contribution in [3.8, 4) is 0 Å². The Bertz CT molecular complexity index is 955. The lowest BCUT2D eigenvalue weighted by Crippen LogP contribution is -2.15. The smallest absolute Gasteiger partial charge is 0.204 e. The molecular formula is C18H17FN6O2. The fraction of sp³-hybridized carbons (Fsp3) is 0.167. The Balaban J connectivity index is 1.87. The molecule has 0 aliphatic rings. The van der Waals surface area contributed by atoms with E-state index in [2.05, 4.69) is 25.8 Å². The summed E-state index contributed by atoms with van der Waals surface area (Å²) in [4.78, 5) is 10.3. The Hall–Kier alpha value is -3.62. The summed E-state index contributed by atoms with van der Waals surface area (Å²) in [5.41, 5.74) is 1.75. The van der Waals surface area contributed by atoms with Crippen molar-refractivity contribution in [2.45, 2.75) is 0 Å². The van der Waals surface area contributed by atoms with E-state index in [1.807, 2.05) is 30.3 Å². The van der Waals surface area contributed by atoms with E-state index in [0.29, 0.717) is 11.5 Å². The molecule has 1 heterocycles. The van der Waals surface area contributed by atoms with Gasteiger partial charge >= 0.3 is 0 Å². The van der Waals surface area contributed by atoms with Gasteiger partial charge in [0.1, 0.15) is 18.6 Å². The number of aryl methyl sites for hydroxylation is 1. The van der Waals surface area contributed by atoms with Gasteiger partial charge in [0.05, 0.1) is 0 Å². The zero-order valence-electron chi connectivity index (χ0n) is 14.8. The molecule has 0 unspecified atom stereocenters. The largest absolute Gasteiger partial charge is 0.399 e. The average Bonchev–Trinajstić information content (AvgIpc) is 3.11. The highest BCUT2D eigenvalue weighted by atomic mass is 19.1. The summed E-state index contributed by atoms with van der Waals surface area (Å²) in [6.07, 6.45) is 0. The highest BCUT2D eigenvalue weighted by molar-refractivity contribution is 6.10. The van der Waals surface area contributed by atoms with Gasteiger partial charge < -0.3 is 9.68 Å². The van der Waals surface area contributed by atoms with Gasteiger partial charge in [0, 0.05) is 18.2 Å². The van der Waals surface area contributed by atoms with Crippen molar-refractivity contribution in [3.63, 3.8) is 0 Å². The normalized spacial score (nSPS) is 12.1. The minimum atomic E-state index is -0.429. The molecule has 1 aromatic heterocycles. The summed E-state index contributed by atoms with van der Waals surface area (Å²) in [5, 5.41) is 19.4. The van der Waals surface area contributed by atoms with Crippen LogP contribution >= 0.6 is 0 Å². The number of oxime groups is 2. The number of hydrogen-bond donors (Lipinski definition) is 0. The van der Waals surface area contributed by atoms with E-state index in [1.165, 1.54) is 17.9 Å². The van der Waals surface area contributed by atoms with Crippen molar-refractivity contribution in [2.75, 3.05) is 13.7 Å². The molecule has 0 amide bonds. The number of halogens is 1. The van der Waals surface area contributed by atoms with Crippen LogP contribution in [0.5, 0.6) is 0 Å². The molecule has 2 aromatic carbocycles. The van der Waals surface area contributed by atoms with Crippen molar-refractivity contribution in [1.29, 1.82) is 0 Å². The fourth-order valence-electron chi connectivity index (χ4n) is 2.37. The molecule has 0 fully saturated rings. The van der Waals surface area contributed by atoms with Crippen molar-refractivity contribution >= 4 is 11.4 Å². The summed E-state index contributed by atoms with van der Waals surface area (Å²) < 4.78 is 15.5. The third kappa shape index (κ3) is 4.32. The zero-order valence-corrected chi connectivity index (χ0v) is 14.8. The summed E-state index contributed by atoms with van der Waals surface area (Å²) in [5.74, 6) is -0.000939. The minimum Gasteiger partial charge on any atom is -0.399 e. The molecule has 8 nitrogen and oxygen atoms in total. The van der Waals surface area contributed by atoms with Crippen molar-refractivity contribution < 1.29 is 14.1 Å². The first-order valence-corrected chi connectivity index (χ1v) is 8.03. The predicted molar refractivity (Wildman–Crippen MR) is 96.8 cm³/mol. The van der Waals surface area contributed by atoms with Crippen molar-refractivity contribution in [1.82, 2.24) is 20.2 Å². The van der Waals surface area contributed by atoms with Crippen molar-refractivity contribution in [3.05, 3.63) is 77.4 Å². The maximum absolute atomic E-state index is 14.0. The monoisotopic (exact) mass is 368 g/mol. The molecular weight excluding hydrogens is 351 g/mol. The third-order valence-electron chi connectivity index (χ3n) is 3.62. The van der Waals surface area contributed by atoms with Gasteiger partial charge in [0.2, 0.25) is 5.82 Å². The van der Waals surface area contributed by atoms with Gasteiger partial charge in [-0.2, -0.15) is 0 Å². The summed E-state index contributed by atoms with van der Waals surface area (Å²) in [6, 6.07) is 15.6. The maximum atomic E-state index is 14.0. The molecule has 0 saturated heterocycles. The second-order valence-corrected chi connectivity index (χ2v) is 5.41. The van der Waals surface area contributed by atoms with Crippen LogP contribution in [-0.2, 0) is 16.7 Å². The Morgan fingerprint density at radius 2 is 1.81 bits per heavy atom. The van der Waals surface area contributed by atoms with Crippen LogP contribution < -0.4 is 0 Å². The van der Waals surface area contributed by atoms with Crippen LogP contribution in [0.2, 0.25) is 0 Å². The van der Waals surface area contributed by atoms with Crippen molar-refractivity contribution in [2.24, 2.45) is 17.4 Å². The maximum Gasteiger partial charge on any atom is 0.204 e. The summed E-state index contributed by atoms with van der Waals surface area (Å²) in [6.45, 7) is -0.101. The SMILES string of the molecule is CO/N=C(/CO/N=C(/c1ccccc1)c1nnnn1C)c1ccccc1F. The van der Waals surface area contributed by atoms with Crippen LogP contribution in [0.4, 0.5) is 4.39 Å². The van der Waals surface area contributed by atoms with Crippen LogP contribution in [0.25, 0.3) is 0 Å². The van der Waals surface area contributed by atoms with Gasteiger partial charge in [0.25, 0.3) is 0 Å². The van der Waals surface area contributed by atoms with E-state index in [1.54, 1.807) is 25.2 Å². The fourth-order valence-corrected chi connectivity index (χ4v) is 2.37. The average molecular weight is 368 g/mol. The summed E-state index contributed by atoms with van der Waals surface area (Å²) in [7, 11) is 3.08. The van der Waals surface area contributed by atoms with E-state index in [4.69, 9.17) is 9.68 Å². The highest BCUT2D eigenvalue weighted by Crippen LogP contribution is 2.11. The predicted octanol–water partition coefficient (Wildman–Crippen LogP) is 2.17. The molecule has 0 N–H and O–H groups in total. The van der Waals surface area contributed by atoms with E-state index < -0.39 is 5.82 Å². The Labute approximate surface area is 154 Å². The van der Waals surface area contributed by atoms with Gasteiger partial charge in [-0.05, 0) is 22.6 Å². The molecule has 3 rings (SSSR count). The lowest BCUT2D eigenvalue weighted by molar-refractivity contribution is 0.173. The van der Waals surface area contributed by atoms with Crippen LogP contribution in [0.1, 0.15) is 17.0 Å². The van der Waals surface area contributed by atoms with Gasteiger partial charge in [-0.1, -0.05) is 52.8 Å². The van der Waals surface area contributed by atoms with Crippen LogP contribution in [0.3, 0.4) is 0 Å². The molecule has 0 spiro atoms. The first-order chi connectivity index (χ1) is 13.2. The number of aromatic nitrogens is 4. The Morgan fingerprint density at radius 3 is 2.48 bits per heavy atom. The Morgan fingerprint density at radius 1 is 1.07 bits per heavy atom. The quantitative estimate of drug-likeness (QED) is 0.471. The minimum absolute atomic E-state index is 0.101. The number of tetrazole rings is 1. The van der Waals surface area contributed by atoms with Gasteiger partial charge in [-0.25, -0.2) is 9.07 Å². The van der Waals surface area contributed by atoms with Crippen LogP contribution in [0.15, 0.2) is 64.9 Å². The molecule has 0 saturated carbocycles. The lowest BCUT2D eigenvalue weighted by Gasteiger charge is -2.08. The second kappa shape index (κ2) is 8.65. The molecule has 3 aromatic rings. The standard InChI is InChI=1S/C18H17FN6O2/c1-25-18(20-23-24-25)17(13-8-4-3-5-9-13)22-27-12-16(21-26-2)14-10-6-7-11-15(14)19/h3-11H,12H2,1-2H3/b21-16-,22-17-. The number of benzene rings is 2. The van der Waals surface area contributed by atoms with Gasteiger partial charge in [0.15, 0.2) is 12.3 Å². The van der Waals surface area contributed by atoms with E-state index in [0.717, 1.165) is 5.56 Å². The molecule has 0 aliphatic carbocycles. The second-order valence-electron chi connectivity index (χ2n) is 5.41. The number of nitrogens with zero attached hydrogens (tertiary/aromatic N) is 6. The van der Waals surface area contributed by atoms with E-state index >= 15 is 0 Å². The first-order valence-electron chi connectivity index (χ1n) is 8.03. The van der Waals surface area contributed by atoms with Gasteiger partial charge in [-0.15, -0.1) is 5.10 Å². The zero-order chi connectivity index (χ0) is 19.1. The molecule has 0 atom stereocenters. The third-order valence-corrected chi connectivity index (χ3v) is 3.62. The molecule has 0 radical (unpaired) electrons. The molecule has 27 heavy (non-hydrogen) atoms. The summed E-state index contributed by atoms with van der Waals surface area (Å²) >= 11 is 0. The first kappa shape index (κ1) is 18.2. The van der Waals surface area contributed by atoms with Crippen LogP contribution in [0, 0.1) is 5.82 Å². The highest BCUT2D eigenvalue weighted by Gasteiger charge is 2.16. The Kier molecular flexibility index (Phi) is 5.83. The van der Waals surface area contributed by atoms with Gasteiger partial charge in [-0.3, -0.25) is 0 Å². The molecule has 0 bridgehead atoms. The topological polar surface area (TPSA) is 86.8 Å². The lowest BCUT2D eigenvalue weighted by atomic mass is 10.1. The number of rotatable bonds is 7. The van der Waals surface area contributed by atoms with E-state index in [-0.39, 0.29) is 17.9 Å².